The highest BCUT2D eigenvalue weighted by Gasteiger charge is 2.88. The Morgan fingerprint density at radius 1 is 0.600 bits per heavy atom. The van der Waals surface area contributed by atoms with Crippen molar-refractivity contribution in [2.75, 3.05) is 0 Å². The molecular weight excluding hydrogens is 430 g/mol. The van der Waals surface area contributed by atoms with Crippen molar-refractivity contribution in [3.05, 3.63) is 0 Å². The van der Waals surface area contributed by atoms with E-state index in [2.05, 4.69) is 4.74 Å². The van der Waals surface area contributed by atoms with Crippen LogP contribution in [0.3, 0.4) is 0 Å². The summed E-state index contributed by atoms with van der Waals surface area (Å²) in [7, 11) is 0. The summed E-state index contributed by atoms with van der Waals surface area (Å²) >= 11 is 0. The molecule has 1 atom stereocenters. The maximum absolute atomic E-state index is 11.8. The van der Waals surface area contributed by atoms with Gasteiger partial charge in [0.1, 0.15) is 0 Å². The minimum atomic E-state index is -5.04. The lowest BCUT2D eigenvalue weighted by Crippen LogP contribution is -2.91. The van der Waals surface area contributed by atoms with Gasteiger partial charge in [0.2, 0.25) is 6.10 Å². The third-order valence-corrected chi connectivity index (χ3v) is 4.16. The van der Waals surface area contributed by atoms with E-state index in [1.807, 2.05) is 0 Å². The first-order chi connectivity index (χ1) is 13.5. The van der Waals surface area contributed by atoms with Crippen molar-refractivity contribution in [2.24, 2.45) is 0 Å². The van der Waals surface area contributed by atoms with Crippen LogP contribution in [0, 0.1) is 0 Å². The zero-order chi connectivity index (χ0) is 24.0. The zero-order valence-electron chi connectivity index (χ0n) is 13.8. The van der Waals surface area contributed by atoms with E-state index in [0.29, 0.717) is 0 Å². The molecule has 0 saturated carbocycles. The molecule has 1 heterocycles. The van der Waals surface area contributed by atoms with E-state index in [4.69, 9.17) is 5.11 Å². The fraction of sp³-hybridized carbons (Fsp3) is 0.333. The van der Waals surface area contributed by atoms with Crippen LogP contribution in [0.5, 0.6) is 0 Å². The Labute approximate surface area is 160 Å². The number of carboxylic acid groups (broad SMARTS) is 8. The standard InChI is InChI=1S/C12H9NO17/c14-2(15)1-10(3(16)17,4(18)19)13(9(28)29)11(5(20)21,6(22)23)12(30-1,7(24)25)8(26)27/h1H,(H,14,15)(H,16,17)(H,18,19)(H,20,21)(H,22,23)(H,24,25)(H,26,27)(H,28,29). The third-order valence-electron chi connectivity index (χ3n) is 4.16. The van der Waals surface area contributed by atoms with Gasteiger partial charge in [0.15, 0.2) is 0 Å². The van der Waals surface area contributed by atoms with Gasteiger partial charge < -0.3 is 45.6 Å². The average Bonchev–Trinajstić information content (AvgIpc) is 2.57. The van der Waals surface area contributed by atoms with E-state index in [0.717, 1.165) is 0 Å². The molecule has 1 fully saturated rings. The lowest BCUT2D eigenvalue weighted by Gasteiger charge is -2.54. The summed E-state index contributed by atoms with van der Waals surface area (Å²) < 4.78 is 4.09. The molecule has 0 aromatic heterocycles. The number of hydrogen-bond donors (Lipinski definition) is 8. The van der Waals surface area contributed by atoms with Crippen LogP contribution in [0.15, 0.2) is 0 Å². The number of rotatable bonds is 7. The van der Waals surface area contributed by atoms with Crippen LogP contribution < -0.4 is 0 Å². The van der Waals surface area contributed by atoms with E-state index in [9.17, 15) is 74.1 Å². The van der Waals surface area contributed by atoms with Crippen molar-refractivity contribution in [2.45, 2.75) is 22.8 Å². The molecule has 18 heteroatoms. The first kappa shape index (κ1) is 23.6. The summed E-state index contributed by atoms with van der Waals surface area (Å²) in [5.41, 5.74) is -14.6. The van der Waals surface area contributed by atoms with Crippen molar-refractivity contribution in [3.8, 4) is 0 Å². The van der Waals surface area contributed by atoms with Gasteiger partial charge in [0.05, 0.1) is 0 Å². The van der Waals surface area contributed by atoms with Gasteiger partial charge in [-0.3, -0.25) is 0 Å². The van der Waals surface area contributed by atoms with Crippen LogP contribution in [-0.2, 0) is 38.3 Å². The van der Waals surface area contributed by atoms with Gasteiger partial charge in [-0.25, -0.2) is 43.3 Å². The van der Waals surface area contributed by atoms with Gasteiger partial charge in [0.25, 0.3) is 11.1 Å². The highest BCUT2D eigenvalue weighted by Crippen LogP contribution is 2.47. The number of carbonyl (C=O) groups is 8. The second kappa shape index (κ2) is 6.84. The summed E-state index contributed by atoms with van der Waals surface area (Å²) in [6.45, 7) is 0. The van der Waals surface area contributed by atoms with Crippen molar-refractivity contribution in [3.63, 3.8) is 0 Å². The second-order valence-electron chi connectivity index (χ2n) is 5.44. The molecule has 0 radical (unpaired) electrons. The Balaban J connectivity index is 4.56. The first-order valence-corrected chi connectivity index (χ1v) is 6.86. The molecule has 0 aliphatic carbocycles. The van der Waals surface area contributed by atoms with Crippen molar-refractivity contribution in [1.82, 2.24) is 4.90 Å². The molecule has 1 aliphatic rings. The van der Waals surface area contributed by atoms with Gasteiger partial charge >= 0.3 is 53.5 Å². The van der Waals surface area contributed by atoms with Gasteiger partial charge in [-0.1, -0.05) is 0 Å². The number of hydrogen-bond acceptors (Lipinski definition) is 9. The molecule has 0 aromatic rings. The molecular formula is C12H9NO17. The molecule has 1 unspecified atom stereocenters. The summed E-state index contributed by atoms with van der Waals surface area (Å²) in [5, 5.41) is 74.6. The number of morpholine rings is 1. The third kappa shape index (κ3) is 2.33. The number of aliphatic carboxylic acids is 7. The number of carboxylic acids is 7. The largest absolute Gasteiger partial charge is 0.479 e. The predicted molar refractivity (Wildman–Crippen MR) is 76.4 cm³/mol. The SMILES string of the molecule is O=C(O)C1OC(C(=O)O)(C(=O)O)C(C(=O)O)(C(=O)O)N(C(=O)O)C1(C(=O)O)C(=O)O. The van der Waals surface area contributed by atoms with Crippen LogP contribution in [0.25, 0.3) is 0 Å². The lowest BCUT2D eigenvalue weighted by molar-refractivity contribution is -0.268. The van der Waals surface area contributed by atoms with Crippen LogP contribution in [0.4, 0.5) is 4.79 Å². The molecule has 0 spiro atoms. The van der Waals surface area contributed by atoms with Gasteiger partial charge in [0, 0.05) is 0 Å². The Morgan fingerprint density at radius 2 is 0.967 bits per heavy atom. The highest BCUT2D eigenvalue weighted by molar-refractivity contribution is 6.23. The van der Waals surface area contributed by atoms with Gasteiger partial charge in [-0.05, 0) is 0 Å². The minimum absolute atomic E-state index is 1.60. The fourth-order valence-electron chi connectivity index (χ4n) is 3.00. The summed E-state index contributed by atoms with van der Waals surface area (Å²) in [6, 6.07) is 0. The van der Waals surface area contributed by atoms with E-state index in [1.165, 1.54) is 0 Å². The minimum Gasteiger partial charge on any atom is -0.479 e. The van der Waals surface area contributed by atoms with Crippen LogP contribution in [-0.4, -0.2) is 116 Å². The van der Waals surface area contributed by atoms with Crippen LogP contribution in [0.1, 0.15) is 0 Å². The Morgan fingerprint density at radius 3 is 1.17 bits per heavy atom. The molecule has 1 rings (SSSR count). The van der Waals surface area contributed by atoms with Crippen molar-refractivity contribution < 1.29 is 83.9 Å². The van der Waals surface area contributed by atoms with Gasteiger partial charge in [-0.2, -0.15) is 0 Å². The fourth-order valence-corrected chi connectivity index (χ4v) is 3.00. The zero-order valence-corrected chi connectivity index (χ0v) is 13.8. The molecule has 1 amide bonds. The molecule has 1 aliphatic heterocycles. The maximum atomic E-state index is 11.8. The monoisotopic (exact) mass is 439 g/mol. The normalized spacial score (nSPS) is 21.1. The number of nitrogens with zero attached hydrogens (tertiary/aromatic N) is 1. The number of ether oxygens (including phenoxy) is 1. The van der Waals surface area contributed by atoms with Crippen molar-refractivity contribution >= 4 is 47.9 Å². The van der Waals surface area contributed by atoms with E-state index < -0.39 is 75.6 Å². The first-order valence-electron chi connectivity index (χ1n) is 6.86. The Hall–Kier alpha value is -4.48. The summed E-state index contributed by atoms with van der Waals surface area (Å²) in [5.74, 6) is -21.4. The molecule has 1 saturated heterocycles. The van der Waals surface area contributed by atoms with Crippen molar-refractivity contribution in [1.29, 1.82) is 0 Å². The Kier molecular flexibility index (Phi) is 5.37. The predicted octanol–water partition coefficient (Wildman–Crippen LogP) is -3.83. The average molecular weight is 439 g/mol. The Bertz CT molecular complexity index is 832. The molecule has 164 valence electrons. The molecule has 0 bridgehead atoms. The van der Waals surface area contributed by atoms with Crippen LogP contribution >= 0.6 is 0 Å². The molecule has 18 nitrogen and oxygen atoms in total. The van der Waals surface area contributed by atoms with E-state index in [-0.39, 0.29) is 0 Å². The quantitative estimate of drug-likeness (QED) is 0.176. The van der Waals surface area contributed by atoms with Gasteiger partial charge in [-0.15, -0.1) is 0 Å². The van der Waals surface area contributed by atoms with E-state index in [1.54, 1.807) is 0 Å². The molecule has 0 aromatic carbocycles. The molecule has 8 N–H and O–H groups in total. The lowest BCUT2D eigenvalue weighted by atomic mass is 9.70. The topological polar surface area (TPSA) is 311 Å². The van der Waals surface area contributed by atoms with Crippen LogP contribution in [0.2, 0.25) is 0 Å². The smallest absolute Gasteiger partial charge is 0.410 e. The second-order valence-corrected chi connectivity index (χ2v) is 5.44. The summed E-state index contributed by atoms with van der Waals surface area (Å²) in [6.07, 6.45) is -6.87. The van der Waals surface area contributed by atoms with E-state index >= 15 is 0 Å². The molecule has 30 heavy (non-hydrogen) atoms. The summed E-state index contributed by atoms with van der Waals surface area (Å²) in [4.78, 5) is 92.1. The number of amides is 1. The maximum Gasteiger partial charge on any atom is 0.410 e. The highest BCUT2D eigenvalue weighted by atomic mass is 16.6.